The molecule has 4 aromatic heterocycles. The average molecular weight is 883 g/mol. The van der Waals surface area contributed by atoms with E-state index in [-0.39, 0.29) is 36.5 Å². The molecule has 0 atom stereocenters. The van der Waals surface area contributed by atoms with Crippen molar-refractivity contribution in [1.82, 2.24) is 38.8 Å². The molecule has 0 radical (unpaired) electrons. The van der Waals surface area contributed by atoms with Gasteiger partial charge in [0.1, 0.15) is 21.8 Å². The number of benzene rings is 2. The fourth-order valence-corrected chi connectivity index (χ4v) is 8.95. The smallest absolute Gasteiger partial charge is 0.276 e. The highest BCUT2D eigenvalue weighted by Gasteiger charge is 2.24. The van der Waals surface area contributed by atoms with Crippen molar-refractivity contribution in [2.75, 3.05) is 56.3 Å². The molecular formula is C42H50N12O6S2. The number of primary amides is 2. The number of hydrogen-bond acceptors (Lipinski definition) is 13. The van der Waals surface area contributed by atoms with Crippen molar-refractivity contribution in [2.24, 2.45) is 11.5 Å². The molecule has 18 nitrogen and oxygen atoms in total. The average Bonchev–Trinajstić information content (AvgIpc) is 4.03. The fourth-order valence-electron chi connectivity index (χ4n) is 7.39. The third-order valence-corrected chi connectivity index (χ3v) is 12.1. The van der Waals surface area contributed by atoms with Crippen LogP contribution in [-0.4, -0.2) is 108 Å². The number of carbonyl (C=O) groups is 4. The van der Waals surface area contributed by atoms with E-state index in [1.54, 1.807) is 35.0 Å². The molecule has 1 aliphatic rings. The number of anilines is 2. The molecule has 1 saturated heterocycles. The Morgan fingerprint density at radius 2 is 1.50 bits per heavy atom. The maximum Gasteiger partial charge on any atom is 0.276 e. The van der Waals surface area contributed by atoms with Gasteiger partial charge in [0.05, 0.1) is 52.8 Å². The number of imidazole rings is 2. The quantitative estimate of drug-likeness (QED) is 0.0507. The van der Waals surface area contributed by atoms with E-state index >= 15 is 0 Å². The molecule has 6 aromatic rings. The van der Waals surface area contributed by atoms with Crippen LogP contribution in [0.4, 0.5) is 11.9 Å². The van der Waals surface area contributed by atoms with Crippen LogP contribution >= 0.6 is 23.1 Å². The number of nitrogens with zero attached hydrogens (tertiary/aromatic N) is 8. The van der Waals surface area contributed by atoms with Crippen LogP contribution in [0.15, 0.2) is 47.4 Å². The van der Waals surface area contributed by atoms with Gasteiger partial charge < -0.3 is 30.1 Å². The van der Waals surface area contributed by atoms with Crippen molar-refractivity contribution in [3.8, 4) is 5.75 Å². The summed E-state index contributed by atoms with van der Waals surface area (Å²) in [5.41, 5.74) is 15.9. The number of fused-ring (bicyclic) bond motifs is 2. The van der Waals surface area contributed by atoms with Gasteiger partial charge in [-0.05, 0) is 70.2 Å². The van der Waals surface area contributed by atoms with E-state index in [0.717, 1.165) is 36.0 Å². The second kappa shape index (κ2) is 19.3. The van der Waals surface area contributed by atoms with Gasteiger partial charge in [0.2, 0.25) is 23.7 Å². The SMILES string of the molecule is CCc1nc(C)sc1C(=O)Nc1nc2cc(C(N)=O)cc(SC)c2n1C/C=C/Cn1c(NC(=O)c2cc(C)nn2CC)nc2cc(C(N)=O)cc(OCCCN3CCOCC3)c21. The van der Waals surface area contributed by atoms with Crippen LogP contribution < -0.4 is 26.8 Å². The Labute approximate surface area is 366 Å². The molecule has 0 spiro atoms. The molecular weight excluding hydrogens is 833 g/mol. The maximum absolute atomic E-state index is 13.8. The molecule has 0 unspecified atom stereocenters. The number of rotatable bonds is 18. The Morgan fingerprint density at radius 3 is 2.13 bits per heavy atom. The lowest BCUT2D eigenvalue weighted by molar-refractivity contribution is 0.0358. The largest absolute Gasteiger partial charge is 0.491 e. The monoisotopic (exact) mass is 882 g/mol. The second-order valence-corrected chi connectivity index (χ2v) is 16.6. The minimum atomic E-state index is -0.646. The van der Waals surface area contributed by atoms with Gasteiger partial charge in [0.15, 0.2) is 0 Å². The third kappa shape index (κ3) is 9.52. The Hall–Kier alpha value is -6.09. The van der Waals surface area contributed by atoms with E-state index in [2.05, 4.69) is 25.6 Å². The van der Waals surface area contributed by atoms with Crippen LogP contribution in [0.3, 0.4) is 0 Å². The first-order valence-electron chi connectivity index (χ1n) is 20.3. The number of carbonyl (C=O) groups excluding carboxylic acids is 4. The highest BCUT2D eigenvalue weighted by atomic mass is 32.2. The first-order chi connectivity index (χ1) is 29.9. The number of morpholine rings is 1. The van der Waals surface area contributed by atoms with E-state index in [1.165, 1.54) is 23.1 Å². The third-order valence-electron chi connectivity index (χ3n) is 10.4. The number of aromatic nitrogens is 7. The molecule has 20 heteroatoms. The lowest BCUT2D eigenvalue weighted by atomic mass is 10.1. The number of thiazole rings is 1. The van der Waals surface area contributed by atoms with Crippen LogP contribution in [0.5, 0.6) is 5.75 Å². The van der Waals surface area contributed by atoms with Crippen LogP contribution in [0.25, 0.3) is 22.1 Å². The second-order valence-electron chi connectivity index (χ2n) is 14.6. The molecule has 6 N–H and O–H groups in total. The Morgan fingerprint density at radius 1 is 0.871 bits per heavy atom. The Kier molecular flexibility index (Phi) is 13.7. The summed E-state index contributed by atoms with van der Waals surface area (Å²) >= 11 is 2.74. The molecule has 7 rings (SSSR count). The van der Waals surface area contributed by atoms with Crippen LogP contribution in [0.2, 0.25) is 0 Å². The fraction of sp³-hybridized carbons (Fsp3) is 0.381. The summed E-state index contributed by atoms with van der Waals surface area (Å²) in [6.07, 6.45) is 7.00. The first kappa shape index (κ1) is 44.0. The summed E-state index contributed by atoms with van der Waals surface area (Å²) < 4.78 is 17.2. The summed E-state index contributed by atoms with van der Waals surface area (Å²) in [4.78, 5) is 70.1. The molecule has 62 heavy (non-hydrogen) atoms. The van der Waals surface area contributed by atoms with E-state index in [1.807, 2.05) is 55.2 Å². The van der Waals surface area contributed by atoms with Crippen molar-refractivity contribution in [2.45, 2.75) is 65.1 Å². The van der Waals surface area contributed by atoms with Crippen LogP contribution in [0.1, 0.15) is 77.5 Å². The van der Waals surface area contributed by atoms with Crippen LogP contribution in [-0.2, 0) is 30.8 Å². The number of ether oxygens (including phenoxy) is 2. The molecule has 1 aliphatic heterocycles. The molecule has 326 valence electrons. The highest BCUT2D eigenvalue weighted by Crippen LogP contribution is 2.33. The molecule has 0 bridgehead atoms. The van der Waals surface area contributed by atoms with Gasteiger partial charge in [-0.2, -0.15) is 5.10 Å². The summed E-state index contributed by atoms with van der Waals surface area (Å²) in [7, 11) is 0. The summed E-state index contributed by atoms with van der Waals surface area (Å²) in [6, 6.07) is 8.23. The zero-order valence-electron chi connectivity index (χ0n) is 35.3. The molecule has 0 aliphatic carbocycles. The number of thioether (sulfide) groups is 1. The number of allylic oxidation sites excluding steroid dienone is 2. The molecule has 2 aromatic carbocycles. The normalized spacial score (nSPS) is 13.4. The predicted octanol–water partition coefficient (Wildman–Crippen LogP) is 5.02. The number of nitrogens with one attached hydrogen (secondary N) is 2. The number of aryl methyl sites for hydroxylation is 4. The van der Waals surface area contributed by atoms with Crippen molar-refractivity contribution in [3.05, 3.63) is 80.6 Å². The molecule has 0 saturated carbocycles. The lowest BCUT2D eigenvalue weighted by Gasteiger charge is -2.26. The van der Waals surface area contributed by atoms with E-state index in [4.69, 9.17) is 30.9 Å². The standard InChI is InChI=1S/C42H50N12O6S2/c1-6-28-36(62-25(4)45-28)40(58)49-42-47-30-21-27(38(44)56)23-33(61-5)35(30)53(42)13-9-8-12-52-34-29(46-41(52)48-39(57)31-19-24(3)50-54(31)7-2)20-26(37(43)55)22-32(34)60-16-10-11-51-14-17-59-18-15-51/h8-9,19-23H,6-7,10-18H2,1-5H3,(H2,43,55)(H2,44,56)(H,46,48,57)(H,47,49,58)/b9-8+. The van der Waals surface area contributed by atoms with Crippen molar-refractivity contribution >= 4 is 80.7 Å². The molecule has 1 fully saturated rings. The molecule has 4 amide bonds. The zero-order valence-corrected chi connectivity index (χ0v) is 37.0. The Balaban J connectivity index is 1.25. The minimum Gasteiger partial charge on any atom is -0.491 e. The predicted molar refractivity (Wildman–Crippen MR) is 240 cm³/mol. The minimum absolute atomic E-state index is 0.202. The zero-order chi connectivity index (χ0) is 44.1. The van der Waals surface area contributed by atoms with Crippen molar-refractivity contribution in [1.29, 1.82) is 0 Å². The topological polar surface area (TPSA) is 232 Å². The van der Waals surface area contributed by atoms with E-state index in [9.17, 15) is 19.2 Å². The van der Waals surface area contributed by atoms with Gasteiger partial charge in [0.25, 0.3) is 11.8 Å². The molecule has 5 heterocycles. The van der Waals surface area contributed by atoms with Gasteiger partial charge in [-0.1, -0.05) is 19.1 Å². The summed E-state index contributed by atoms with van der Waals surface area (Å²) in [5, 5.41) is 11.2. The van der Waals surface area contributed by atoms with Crippen molar-refractivity contribution < 1.29 is 28.7 Å². The van der Waals surface area contributed by atoms with Gasteiger partial charge in [-0.15, -0.1) is 23.1 Å². The summed E-state index contributed by atoms with van der Waals surface area (Å²) in [5.74, 6) is -1.12. The Bertz CT molecular complexity index is 2690. The van der Waals surface area contributed by atoms with Gasteiger partial charge in [-0.3, -0.25) is 39.4 Å². The maximum atomic E-state index is 13.8. The highest BCUT2D eigenvalue weighted by molar-refractivity contribution is 7.98. The van der Waals surface area contributed by atoms with Crippen molar-refractivity contribution in [3.63, 3.8) is 0 Å². The number of nitrogens with two attached hydrogens (primary N) is 2. The van der Waals surface area contributed by atoms with E-state index in [0.29, 0.717) is 88.1 Å². The lowest BCUT2D eigenvalue weighted by Crippen LogP contribution is -2.37. The first-order valence-corrected chi connectivity index (χ1v) is 22.4. The van der Waals surface area contributed by atoms with Crippen LogP contribution in [0, 0.1) is 13.8 Å². The number of amides is 4. The van der Waals surface area contributed by atoms with Gasteiger partial charge in [-0.25, -0.2) is 15.0 Å². The number of hydrogen-bond donors (Lipinski definition) is 4. The van der Waals surface area contributed by atoms with Gasteiger partial charge >= 0.3 is 0 Å². The van der Waals surface area contributed by atoms with E-state index < -0.39 is 17.7 Å². The summed E-state index contributed by atoms with van der Waals surface area (Å²) in [6.45, 7) is 12.7. The van der Waals surface area contributed by atoms with Gasteiger partial charge in [0, 0.05) is 55.3 Å².